The monoisotopic (exact) mass is 803 g/mol. The molecule has 4 bridgehead atoms. The third kappa shape index (κ3) is 4.75. The molecule has 0 saturated heterocycles. The third-order valence-corrected chi connectivity index (χ3v) is 17.6. The van der Waals surface area contributed by atoms with Crippen LogP contribution in [0.5, 0.6) is 0 Å². The van der Waals surface area contributed by atoms with Gasteiger partial charge in [0, 0.05) is 16.7 Å². The number of benzene rings is 7. The predicted octanol–water partition coefficient (Wildman–Crippen LogP) is 15.6. The van der Waals surface area contributed by atoms with Crippen LogP contribution in [0.4, 0.5) is 17.1 Å². The molecule has 1 heteroatoms. The first-order chi connectivity index (χ1) is 30.2. The minimum absolute atomic E-state index is 0.00437. The van der Waals surface area contributed by atoms with Crippen LogP contribution in [0.25, 0.3) is 22.3 Å². The normalized spacial score (nSPS) is 25.7. The molecule has 7 aromatic carbocycles. The highest BCUT2D eigenvalue weighted by Gasteiger charge is 2.62. The van der Waals surface area contributed by atoms with E-state index in [0.29, 0.717) is 11.8 Å². The summed E-state index contributed by atoms with van der Waals surface area (Å²) in [4.78, 5) is 2.74. The van der Waals surface area contributed by atoms with Gasteiger partial charge in [-0.1, -0.05) is 167 Å². The Bertz CT molecular complexity index is 2870. The Kier molecular flexibility index (Phi) is 7.72. The Balaban J connectivity index is 1.11. The maximum atomic E-state index is 2.74. The van der Waals surface area contributed by atoms with E-state index in [-0.39, 0.29) is 16.2 Å². The molecule has 7 aliphatic carbocycles. The summed E-state index contributed by atoms with van der Waals surface area (Å²) in [6.45, 7) is 9.95. The van der Waals surface area contributed by atoms with E-state index >= 15 is 0 Å². The first-order valence-corrected chi connectivity index (χ1v) is 23.7. The van der Waals surface area contributed by atoms with Crippen LogP contribution in [-0.4, -0.2) is 0 Å². The van der Waals surface area contributed by atoms with E-state index < -0.39 is 5.41 Å². The minimum atomic E-state index is -0.483. The topological polar surface area (TPSA) is 3.24 Å². The van der Waals surface area contributed by atoms with E-state index in [1.165, 1.54) is 111 Å². The fourth-order valence-electron chi connectivity index (χ4n) is 15.3. The summed E-state index contributed by atoms with van der Waals surface area (Å²) >= 11 is 0. The Hall–Kier alpha value is -5.66. The van der Waals surface area contributed by atoms with Gasteiger partial charge >= 0.3 is 0 Å². The molecule has 0 amide bonds. The van der Waals surface area contributed by atoms with Gasteiger partial charge in [0.05, 0.1) is 16.8 Å². The van der Waals surface area contributed by atoms with E-state index in [9.17, 15) is 0 Å². The second-order valence-corrected chi connectivity index (χ2v) is 21.5. The van der Waals surface area contributed by atoms with Gasteiger partial charge in [-0.2, -0.15) is 0 Å². The highest BCUT2D eigenvalue weighted by atomic mass is 15.2. The molecule has 0 heterocycles. The first kappa shape index (κ1) is 36.9. The fourth-order valence-corrected chi connectivity index (χ4v) is 15.3. The zero-order valence-corrected chi connectivity index (χ0v) is 36.8. The SMILES string of the molecule is CC1(C)CCC(C)(C)c2c(N(c3cccc(C4(c5ccccc5)c5ccccc5-c5ccccc54)c3)c3cccc4c3-c3ccccc3C43C4CC5CC(C4)CC3C5)cccc21. The molecule has 7 aliphatic rings. The Morgan fingerprint density at radius 1 is 0.419 bits per heavy atom. The van der Waals surface area contributed by atoms with Crippen molar-refractivity contribution in [3.05, 3.63) is 208 Å². The molecular formula is C61H57N. The summed E-state index contributed by atoms with van der Waals surface area (Å²) in [5.41, 5.74) is 20.7. The van der Waals surface area contributed by atoms with E-state index in [2.05, 4.69) is 196 Å². The molecule has 0 aliphatic heterocycles. The molecule has 0 atom stereocenters. The van der Waals surface area contributed by atoms with Gasteiger partial charge in [-0.25, -0.2) is 0 Å². The molecule has 306 valence electrons. The predicted molar refractivity (Wildman–Crippen MR) is 257 cm³/mol. The lowest BCUT2D eigenvalue weighted by Gasteiger charge is -2.61. The number of hydrogen-bond donors (Lipinski definition) is 0. The molecule has 0 N–H and O–H groups in total. The van der Waals surface area contributed by atoms with Crippen LogP contribution < -0.4 is 4.90 Å². The van der Waals surface area contributed by atoms with E-state index in [0.717, 1.165) is 18.3 Å². The van der Waals surface area contributed by atoms with Crippen molar-refractivity contribution in [2.75, 3.05) is 4.90 Å². The van der Waals surface area contributed by atoms with Crippen LogP contribution >= 0.6 is 0 Å². The van der Waals surface area contributed by atoms with Gasteiger partial charge in [0.25, 0.3) is 0 Å². The van der Waals surface area contributed by atoms with Crippen LogP contribution in [-0.2, 0) is 21.7 Å². The lowest BCUT2D eigenvalue weighted by Crippen LogP contribution is -2.55. The van der Waals surface area contributed by atoms with Crippen LogP contribution in [0.3, 0.4) is 0 Å². The molecule has 14 rings (SSSR count). The third-order valence-electron chi connectivity index (χ3n) is 17.6. The van der Waals surface area contributed by atoms with E-state index in [1.807, 2.05) is 0 Å². The number of rotatable bonds is 5. The molecule has 0 unspecified atom stereocenters. The summed E-state index contributed by atoms with van der Waals surface area (Å²) < 4.78 is 0. The largest absolute Gasteiger partial charge is 0.310 e. The number of hydrogen-bond acceptors (Lipinski definition) is 1. The number of fused-ring (bicyclic) bond motifs is 7. The highest BCUT2D eigenvalue weighted by Crippen LogP contribution is 2.71. The fraction of sp³-hybridized carbons (Fsp3) is 0.311. The lowest BCUT2D eigenvalue weighted by atomic mass is 9.43. The zero-order chi connectivity index (χ0) is 41.6. The molecule has 0 radical (unpaired) electrons. The average Bonchev–Trinajstić information content (AvgIpc) is 3.77. The van der Waals surface area contributed by atoms with Gasteiger partial charge in [-0.05, 0) is 165 Å². The summed E-state index contributed by atoms with van der Waals surface area (Å²) in [6, 6.07) is 63.8. The number of nitrogens with zero attached hydrogens (tertiary/aromatic N) is 1. The van der Waals surface area contributed by atoms with Crippen LogP contribution in [0.2, 0.25) is 0 Å². The first-order valence-electron chi connectivity index (χ1n) is 23.7. The van der Waals surface area contributed by atoms with Crippen molar-refractivity contribution in [3.8, 4) is 22.3 Å². The van der Waals surface area contributed by atoms with Crippen LogP contribution in [0.1, 0.15) is 117 Å². The Labute approximate surface area is 368 Å². The van der Waals surface area contributed by atoms with Crippen LogP contribution in [0.15, 0.2) is 164 Å². The van der Waals surface area contributed by atoms with Gasteiger partial charge in [0.1, 0.15) is 0 Å². The highest BCUT2D eigenvalue weighted by molar-refractivity contribution is 5.97. The molecular weight excluding hydrogens is 747 g/mol. The molecule has 7 aromatic rings. The summed E-state index contributed by atoms with van der Waals surface area (Å²) in [6.07, 6.45) is 9.35. The van der Waals surface area contributed by atoms with Crippen molar-refractivity contribution in [1.29, 1.82) is 0 Å². The molecule has 4 saturated carbocycles. The van der Waals surface area contributed by atoms with Crippen LogP contribution in [0, 0.1) is 23.7 Å². The zero-order valence-electron chi connectivity index (χ0n) is 36.8. The Morgan fingerprint density at radius 3 is 1.61 bits per heavy atom. The van der Waals surface area contributed by atoms with Crippen molar-refractivity contribution in [3.63, 3.8) is 0 Å². The van der Waals surface area contributed by atoms with Crippen molar-refractivity contribution < 1.29 is 0 Å². The quantitative estimate of drug-likeness (QED) is 0.168. The van der Waals surface area contributed by atoms with Crippen molar-refractivity contribution >= 4 is 17.1 Å². The van der Waals surface area contributed by atoms with E-state index in [1.54, 1.807) is 11.1 Å². The van der Waals surface area contributed by atoms with Crippen molar-refractivity contribution in [2.24, 2.45) is 23.7 Å². The smallest absolute Gasteiger partial charge is 0.0714 e. The van der Waals surface area contributed by atoms with Gasteiger partial charge in [0.15, 0.2) is 0 Å². The summed E-state index contributed by atoms with van der Waals surface area (Å²) in [5, 5.41) is 0. The Morgan fingerprint density at radius 2 is 0.935 bits per heavy atom. The molecule has 0 aromatic heterocycles. The second kappa shape index (κ2) is 12.9. The minimum Gasteiger partial charge on any atom is -0.310 e. The van der Waals surface area contributed by atoms with Gasteiger partial charge in [0.2, 0.25) is 0 Å². The van der Waals surface area contributed by atoms with Crippen molar-refractivity contribution in [1.82, 2.24) is 0 Å². The van der Waals surface area contributed by atoms with Crippen molar-refractivity contribution in [2.45, 2.75) is 94.3 Å². The number of anilines is 3. The standard InChI is InChI=1S/C61H57N/c1-58(2)31-32-59(3,4)57-53(58)28-16-30-55(57)62(54-29-15-27-52-56(54)48-23-10-13-26-51(48)61(52)43-34-39-33-40(36-43)37-44(61)35-39)45-20-14-19-42(38-45)60(41-17-6-5-7-18-41)49-24-11-8-21-46(49)47-22-9-12-25-50(47)60/h5-30,38-40,43-44H,31-37H2,1-4H3. The van der Waals surface area contributed by atoms with Gasteiger partial charge in [-0.15, -0.1) is 0 Å². The molecule has 4 fully saturated rings. The second-order valence-electron chi connectivity index (χ2n) is 21.5. The maximum absolute atomic E-state index is 2.74. The summed E-state index contributed by atoms with van der Waals surface area (Å²) in [5.74, 6) is 3.24. The van der Waals surface area contributed by atoms with Gasteiger partial charge in [-0.3, -0.25) is 0 Å². The molecule has 62 heavy (non-hydrogen) atoms. The molecule has 1 nitrogen and oxygen atoms in total. The molecule has 1 spiro atoms. The van der Waals surface area contributed by atoms with E-state index in [4.69, 9.17) is 0 Å². The van der Waals surface area contributed by atoms with Gasteiger partial charge < -0.3 is 4.90 Å². The maximum Gasteiger partial charge on any atom is 0.0714 e. The average molecular weight is 804 g/mol. The summed E-state index contributed by atoms with van der Waals surface area (Å²) in [7, 11) is 0. The lowest BCUT2D eigenvalue weighted by molar-refractivity contribution is -0.0399.